The number of benzene rings is 1. The lowest BCUT2D eigenvalue weighted by Crippen LogP contribution is -1.92. The Morgan fingerprint density at radius 2 is 2.07 bits per heavy atom. The summed E-state index contributed by atoms with van der Waals surface area (Å²) in [7, 11) is 0. The molecule has 0 atom stereocenters. The van der Waals surface area contributed by atoms with Gasteiger partial charge in [-0.3, -0.25) is 0 Å². The number of halogens is 1. The number of nitrogens with zero attached hydrogens (tertiary/aromatic N) is 2. The Labute approximate surface area is 95.2 Å². The zero-order valence-electron chi connectivity index (χ0n) is 7.72. The Kier molecular flexibility index (Phi) is 2.82. The molecule has 0 radical (unpaired) electrons. The number of rotatable bonds is 2. The van der Waals surface area contributed by atoms with Crippen LogP contribution in [0.5, 0.6) is 11.6 Å². The summed E-state index contributed by atoms with van der Waals surface area (Å²) < 4.78 is 6.21. The normalized spacial score (nSPS) is 9.93. The monoisotopic (exact) mass is 265 g/mol. The number of hydrogen-bond acceptors (Lipinski definition) is 4. The third kappa shape index (κ3) is 2.24. The van der Waals surface area contributed by atoms with Gasteiger partial charge in [-0.2, -0.15) is 5.10 Å². The van der Waals surface area contributed by atoms with Crippen molar-refractivity contribution in [2.24, 2.45) is 0 Å². The highest BCUT2D eigenvalue weighted by Crippen LogP contribution is 2.32. The van der Waals surface area contributed by atoms with Crippen molar-refractivity contribution in [1.29, 1.82) is 0 Å². The molecule has 0 unspecified atom stereocenters. The average Bonchev–Trinajstić information content (AvgIpc) is 2.26. The summed E-state index contributed by atoms with van der Waals surface area (Å²) in [5, 5.41) is 7.52. The molecule has 15 heavy (non-hydrogen) atoms. The lowest BCUT2D eigenvalue weighted by Gasteiger charge is -2.07. The van der Waals surface area contributed by atoms with E-state index >= 15 is 0 Å². The van der Waals surface area contributed by atoms with Crippen LogP contribution in [0.2, 0.25) is 0 Å². The van der Waals surface area contributed by atoms with Gasteiger partial charge in [-0.1, -0.05) is 6.07 Å². The number of hydrogen-bond donors (Lipinski definition) is 1. The van der Waals surface area contributed by atoms with E-state index in [4.69, 9.17) is 10.5 Å². The first-order chi connectivity index (χ1) is 7.27. The Bertz CT molecular complexity index is 461. The van der Waals surface area contributed by atoms with Crippen LogP contribution >= 0.6 is 15.9 Å². The maximum atomic E-state index is 5.71. The van der Waals surface area contributed by atoms with Crippen molar-refractivity contribution in [3.63, 3.8) is 0 Å². The van der Waals surface area contributed by atoms with E-state index in [0.29, 0.717) is 17.3 Å². The van der Waals surface area contributed by atoms with Gasteiger partial charge in [0.25, 0.3) is 0 Å². The van der Waals surface area contributed by atoms with E-state index in [1.807, 2.05) is 6.07 Å². The fourth-order valence-corrected chi connectivity index (χ4v) is 1.41. The van der Waals surface area contributed by atoms with Crippen LogP contribution < -0.4 is 10.5 Å². The lowest BCUT2D eigenvalue weighted by molar-refractivity contribution is 0.453. The molecule has 0 saturated heterocycles. The molecule has 0 bridgehead atoms. The van der Waals surface area contributed by atoms with E-state index < -0.39 is 0 Å². The van der Waals surface area contributed by atoms with E-state index in [9.17, 15) is 0 Å². The van der Waals surface area contributed by atoms with E-state index in [0.717, 1.165) is 4.47 Å². The van der Waals surface area contributed by atoms with Crippen LogP contribution in [-0.2, 0) is 0 Å². The number of nitrogen functional groups attached to an aromatic ring is 1. The van der Waals surface area contributed by atoms with Crippen molar-refractivity contribution in [3.05, 3.63) is 41.0 Å². The average molecular weight is 266 g/mol. The van der Waals surface area contributed by atoms with Crippen LogP contribution in [0.4, 0.5) is 5.69 Å². The molecule has 0 aliphatic heterocycles. The van der Waals surface area contributed by atoms with Crippen LogP contribution in [0.3, 0.4) is 0 Å². The van der Waals surface area contributed by atoms with Gasteiger partial charge in [0.2, 0.25) is 5.88 Å². The first-order valence-corrected chi connectivity index (χ1v) is 5.06. The minimum atomic E-state index is 0.434. The highest BCUT2D eigenvalue weighted by Gasteiger charge is 2.05. The highest BCUT2D eigenvalue weighted by atomic mass is 79.9. The fourth-order valence-electron chi connectivity index (χ4n) is 1.06. The Morgan fingerprint density at radius 1 is 1.20 bits per heavy atom. The van der Waals surface area contributed by atoms with Crippen LogP contribution in [0.15, 0.2) is 41.0 Å². The van der Waals surface area contributed by atoms with Crippen molar-refractivity contribution in [3.8, 4) is 11.6 Å². The van der Waals surface area contributed by atoms with E-state index in [2.05, 4.69) is 26.1 Å². The van der Waals surface area contributed by atoms with Crippen LogP contribution in [0.25, 0.3) is 0 Å². The van der Waals surface area contributed by atoms with Crippen LogP contribution in [-0.4, -0.2) is 10.2 Å². The largest absolute Gasteiger partial charge is 0.436 e. The van der Waals surface area contributed by atoms with Crippen LogP contribution in [0.1, 0.15) is 0 Å². The summed E-state index contributed by atoms with van der Waals surface area (Å²) in [4.78, 5) is 0. The zero-order chi connectivity index (χ0) is 10.7. The first kappa shape index (κ1) is 9.92. The van der Waals surface area contributed by atoms with Gasteiger partial charge >= 0.3 is 0 Å². The second kappa shape index (κ2) is 4.27. The van der Waals surface area contributed by atoms with E-state index in [1.165, 1.54) is 0 Å². The second-order valence-electron chi connectivity index (χ2n) is 2.82. The molecule has 0 aliphatic rings. The fraction of sp³-hybridized carbons (Fsp3) is 0. The van der Waals surface area contributed by atoms with Gasteiger partial charge in [-0.05, 0) is 34.1 Å². The molecule has 0 aliphatic carbocycles. The molecule has 1 heterocycles. The van der Waals surface area contributed by atoms with E-state index in [1.54, 1.807) is 30.5 Å². The van der Waals surface area contributed by atoms with Gasteiger partial charge in [0, 0.05) is 18.0 Å². The van der Waals surface area contributed by atoms with Gasteiger partial charge in [-0.15, -0.1) is 5.10 Å². The summed E-state index contributed by atoms with van der Waals surface area (Å²) in [6, 6.07) is 8.87. The number of ether oxygens (including phenoxy) is 1. The molecule has 1 aromatic heterocycles. The molecular formula is C10H8BrN3O. The summed E-state index contributed by atoms with van der Waals surface area (Å²) in [6.45, 7) is 0. The first-order valence-electron chi connectivity index (χ1n) is 4.27. The number of nitrogens with two attached hydrogens (primary N) is 1. The second-order valence-corrected chi connectivity index (χ2v) is 3.62. The minimum absolute atomic E-state index is 0.434. The summed E-state index contributed by atoms with van der Waals surface area (Å²) >= 11 is 3.34. The molecule has 2 rings (SSSR count). The summed E-state index contributed by atoms with van der Waals surface area (Å²) in [6.07, 6.45) is 1.58. The molecule has 2 aromatic rings. The van der Waals surface area contributed by atoms with Gasteiger partial charge in [0.15, 0.2) is 0 Å². The Balaban J connectivity index is 2.29. The third-order valence-corrected chi connectivity index (χ3v) is 2.60. The smallest absolute Gasteiger partial charge is 0.238 e. The van der Waals surface area contributed by atoms with Gasteiger partial charge < -0.3 is 10.5 Å². The highest BCUT2D eigenvalue weighted by molar-refractivity contribution is 9.10. The standard InChI is InChI=1S/C10H8BrN3O/c11-10-7(12)3-1-4-8(10)15-9-5-2-6-13-14-9/h1-6H,12H2. The Morgan fingerprint density at radius 3 is 2.80 bits per heavy atom. The predicted molar refractivity (Wildman–Crippen MR) is 60.7 cm³/mol. The molecular weight excluding hydrogens is 258 g/mol. The molecule has 5 heteroatoms. The quantitative estimate of drug-likeness (QED) is 0.849. The van der Waals surface area contributed by atoms with Crippen molar-refractivity contribution in [2.45, 2.75) is 0 Å². The molecule has 0 spiro atoms. The number of aromatic nitrogens is 2. The molecule has 2 N–H and O–H groups in total. The van der Waals surface area contributed by atoms with Gasteiger partial charge in [-0.25, -0.2) is 0 Å². The topological polar surface area (TPSA) is 61.0 Å². The predicted octanol–water partition coefficient (Wildman–Crippen LogP) is 2.61. The number of anilines is 1. The SMILES string of the molecule is Nc1cccc(Oc2cccnn2)c1Br. The molecule has 4 nitrogen and oxygen atoms in total. The molecule has 76 valence electrons. The van der Waals surface area contributed by atoms with E-state index in [-0.39, 0.29) is 0 Å². The van der Waals surface area contributed by atoms with Crippen molar-refractivity contribution in [2.75, 3.05) is 5.73 Å². The maximum absolute atomic E-state index is 5.71. The van der Waals surface area contributed by atoms with Crippen molar-refractivity contribution >= 4 is 21.6 Å². The Hall–Kier alpha value is -1.62. The molecule has 0 amide bonds. The van der Waals surface area contributed by atoms with Gasteiger partial charge in [0.05, 0.1) is 4.47 Å². The summed E-state index contributed by atoms with van der Waals surface area (Å²) in [5.74, 6) is 1.05. The zero-order valence-corrected chi connectivity index (χ0v) is 9.31. The summed E-state index contributed by atoms with van der Waals surface area (Å²) in [5.41, 5.74) is 6.33. The minimum Gasteiger partial charge on any atom is -0.436 e. The van der Waals surface area contributed by atoms with Crippen molar-refractivity contribution in [1.82, 2.24) is 10.2 Å². The molecule has 0 saturated carbocycles. The van der Waals surface area contributed by atoms with Crippen molar-refractivity contribution < 1.29 is 4.74 Å². The van der Waals surface area contributed by atoms with Crippen LogP contribution in [0, 0.1) is 0 Å². The maximum Gasteiger partial charge on any atom is 0.238 e. The molecule has 1 aromatic carbocycles. The lowest BCUT2D eigenvalue weighted by atomic mass is 10.3. The third-order valence-electron chi connectivity index (χ3n) is 1.76. The van der Waals surface area contributed by atoms with Gasteiger partial charge in [0.1, 0.15) is 5.75 Å². The molecule has 0 fully saturated rings.